The van der Waals surface area contributed by atoms with Gasteiger partial charge in [0.1, 0.15) is 41.4 Å². The van der Waals surface area contributed by atoms with E-state index >= 15 is 0 Å². The van der Waals surface area contributed by atoms with Crippen LogP contribution in [0.15, 0.2) is 54.3 Å². The van der Waals surface area contributed by atoms with Gasteiger partial charge in [-0.1, -0.05) is 44.2 Å². The number of aliphatic carboxylic acids is 1. The number of carboxylic acid groups (broad SMARTS) is 1. The fourth-order valence-corrected chi connectivity index (χ4v) is 4.51. The monoisotopic (exact) mass is 538 g/mol. The largest absolute Gasteiger partial charge is 0.478 e. The Labute approximate surface area is 222 Å². The maximum atomic E-state index is 14.7. The van der Waals surface area contributed by atoms with Crippen molar-refractivity contribution < 1.29 is 39.1 Å². The zero-order valence-corrected chi connectivity index (χ0v) is 21.0. The van der Waals surface area contributed by atoms with Gasteiger partial charge in [-0.15, -0.1) is 0 Å². The summed E-state index contributed by atoms with van der Waals surface area (Å²) in [5, 5.41) is 57.8. The van der Waals surface area contributed by atoms with Crippen molar-refractivity contribution in [1.82, 2.24) is 15.1 Å². The van der Waals surface area contributed by atoms with Crippen molar-refractivity contribution in [2.45, 2.75) is 44.2 Å². The normalized spacial score (nSPS) is 20.6. The number of rotatable bonds is 8. The maximum absolute atomic E-state index is 14.7. The van der Waals surface area contributed by atoms with Crippen molar-refractivity contribution in [3.8, 4) is 17.2 Å². The Morgan fingerprint density at radius 2 is 1.87 bits per heavy atom. The molecule has 0 unspecified atom stereocenters. The van der Waals surface area contributed by atoms with E-state index in [1.807, 2.05) is 0 Å². The van der Waals surface area contributed by atoms with Crippen LogP contribution in [0.4, 0.5) is 4.39 Å². The topological polar surface area (TPSA) is 178 Å². The predicted molar refractivity (Wildman–Crippen MR) is 135 cm³/mol. The molecule has 2 aromatic carbocycles. The van der Waals surface area contributed by atoms with Crippen LogP contribution in [-0.2, 0) is 14.3 Å². The third-order valence-corrected chi connectivity index (χ3v) is 6.55. The summed E-state index contributed by atoms with van der Waals surface area (Å²) in [6.07, 6.45) is -3.98. The molecule has 0 saturated carbocycles. The van der Waals surface area contributed by atoms with E-state index in [9.17, 15) is 39.7 Å². The number of aliphatic hydroxyl groups is 3. The number of carbonyl (C=O) groups is 2. The number of halogens is 1. The first-order valence-corrected chi connectivity index (χ1v) is 12.1. The van der Waals surface area contributed by atoms with E-state index in [0.29, 0.717) is 10.9 Å². The number of fused-ring (bicyclic) bond motifs is 1. The van der Waals surface area contributed by atoms with Gasteiger partial charge in [0.25, 0.3) is 0 Å². The highest BCUT2D eigenvalue weighted by molar-refractivity contribution is 5.96. The van der Waals surface area contributed by atoms with E-state index in [0.717, 1.165) is 6.08 Å². The average molecular weight is 539 g/mol. The summed E-state index contributed by atoms with van der Waals surface area (Å²) in [6.45, 7) is 2.36. The van der Waals surface area contributed by atoms with Crippen molar-refractivity contribution in [2.24, 2.45) is 5.92 Å². The second-order valence-corrected chi connectivity index (χ2v) is 9.43. The molecule has 1 aliphatic rings. The second kappa shape index (κ2) is 11.2. The number of aliphatic hydroxyl groups excluding tert-OH is 3. The Bertz CT molecular complexity index is 1480. The van der Waals surface area contributed by atoms with Crippen LogP contribution >= 0.6 is 0 Å². The van der Waals surface area contributed by atoms with Crippen molar-refractivity contribution in [1.29, 1.82) is 5.26 Å². The average Bonchev–Trinajstić information content (AvgIpc) is 3.31. The highest BCUT2D eigenvalue weighted by Gasteiger charge is 2.45. The number of hydrogen-bond donors (Lipinski definition) is 5. The molecule has 5 N–H and O–H groups in total. The van der Waals surface area contributed by atoms with Crippen molar-refractivity contribution in [2.75, 3.05) is 6.61 Å². The fraction of sp³-hybridized carbons (Fsp3) is 0.333. The molecule has 0 fully saturated rings. The number of nitrogens with zero attached hydrogens (tertiary/aromatic N) is 3. The van der Waals surface area contributed by atoms with E-state index in [2.05, 4.69) is 16.5 Å². The quantitative estimate of drug-likeness (QED) is 0.284. The number of amides is 1. The molecule has 3 aromatic rings. The van der Waals surface area contributed by atoms with Gasteiger partial charge in [0.15, 0.2) is 0 Å². The SMILES string of the molecule is CC(C)C(=O)N[C@H]1[C@H]([C@H](O)[C@H](O)CO)OC(C(=O)O)=C[C@@H]1n1nc2c(-c3ccccc3F)cccc2c1C#N. The van der Waals surface area contributed by atoms with Gasteiger partial charge in [0, 0.05) is 22.4 Å². The Morgan fingerprint density at radius 1 is 1.18 bits per heavy atom. The Morgan fingerprint density at radius 3 is 2.49 bits per heavy atom. The molecule has 12 heteroatoms. The van der Waals surface area contributed by atoms with E-state index < -0.39 is 66.4 Å². The maximum Gasteiger partial charge on any atom is 0.370 e. The van der Waals surface area contributed by atoms with Crippen molar-refractivity contribution in [3.63, 3.8) is 0 Å². The molecule has 0 radical (unpaired) electrons. The molecule has 2 heterocycles. The van der Waals surface area contributed by atoms with Gasteiger partial charge in [0.05, 0.1) is 18.7 Å². The van der Waals surface area contributed by atoms with Gasteiger partial charge in [-0.25, -0.2) is 13.9 Å². The van der Waals surface area contributed by atoms with Gasteiger partial charge >= 0.3 is 5.97 Å². The van der Waals surface area contributed by atoms with Crippen LogP contribution in [0.25, 0.3) is 22.0 Å². The third-order valence-electron chi connectivity index (χ3n) is 6.55. The van der Waals surface area contributed by atoms with Crippen LogP contribution in [0, 0.1) is 23.1 Å². The molecule has 1 aromatic heterocycles. The van der Waals surface area contributed by atoms with Crippen molar-refractivity contribution in [3.05, 3.63) is 65.8 Å². The zero-order valence-electron chi connectivity index (χ0n) is 21.0. The van der Waals surface area contributed by atoms with E-state index in [1.54, 1.807) is 44.2 Å². The lowest BCUT2D eigenvalue weighted by molar-refractivity contribution is -0.147. The van der Waals surface area contributed by atoms with Crippen LogP contribution in [0.5, 0.6) is 0 Å². The number of nitriles is 1. The first-order chi connectivity index (χ1) is 18.6. The molecular formula is C27H27FN4O7. The molecule has 0 spiro atoms. The van der Waals surface area contributed by atoms with E-state index in [1.165, 1.54) is 16.8 Å². The number of benzene rings is 2. The van der Waals surface area contributed by atoms with Crippen molar-refractivity contribution >= 4 is 22.8 Å². The summed E-state index contributed by atoms with van der Waals surface area (Å²) in [7, 11) is 0. The summed E-state index contributed by atoms with van der Waals surface area (Å²) < 4.78 is 21.4. The molecule has 11 nitrogen and oxygen atoms in total. The second-order valence-electron chi connectivity index (χ2n) is 9.43. The first-order valence-electron chi connectivity index (χ1n) is 12.1. The first kappa shape index (κ1) is 27.7. The molecule has 4 rings (SSSR count). The minimum atomic E-state index is -1.83. The molecule has 0 aliphatic carbocycles. The summed E-state index contributed by atoms with van der Waals surface area (Å²) in [5.41, 5.74) is 0.841. The number of aromatic nitrogens is 2. The number of hydrogen-bond acceptors (Lipinski definition) is 8. The molecule has 0 saturated heterocycles. The number of carboxylic acids is 1. The highest BCUT2D eigenvalue weighted by atomic mass is 19.1. The van der Waals surface area contributed by atoms with Gasteiger partial charge in [0.2, 0.25) is 11.7 Å². The number of carbonyl (C=O) groups excluding carboxylic acids is 1. The molecule has 39 heavy (non-hydrogen) atoms. The Balaban J connectivity index is 1.97. The number of ether oxygens (including phenoxy) is 1. The summed E-state index contributed by atoms with van der Waals surface area (Å²) in [6, 6.07) is 10.5. The van der Waals surface area contributed by atoms with Crippen LogP contribution < -0.4 is 5.32 Å². The van der Waals surface area contributed by atoms with Gasteiger partial charge in [-0.3, -0.25) is 4.79 Å². The summed E-state index contributed by atoms with van der Waals surface area (Å²) >= 11 is 0. The molecular weight excluding hydrogens is 511 g/mol. The molecule has 5 atom stereocenters. The van der Waals surface area contributed by atoms with Gasteiger partial charge in [-0.2, -0.15) is 10.4 Å². The van der Waals surface area contributed by atoms with Crippen LogP contribution in [-0.4, -0.2) is 73.0 Å². The lowest BCUT2D eigenvalue weighted by Gasteiger charge is -2.40. The Kier molecular flexibility index (Phi) is 7.96. The molecule has 1 aliphatic heterocycles. The van der Waals surface area contributed by atoms with Crippen LogP contribution in [0.3, 0.4) is 0 Å². The minimum absolute atomic E-state index is 0.0178. The third kappa shape index (κ3) is 5.20. The van der Waals surface area contributed by atoms with Crippen LogP contribution in [0.2, 0.25) is 0 Å². The lowest BCUT2D eigenvalue weighted by atomic mass is 9.91. The lowest BCUT2D eigenvalue weighted by Crippen LogP contribution is -2.59. The smallest absolute Gasteiger partial charge is 0.370 e. The molecule has 1 amide bonds. The van der Waals surface area contributed by atoms with E-state index in [4.69, 9.17) is 4.74 Å². The Hall–Kier alpha value is -4.31. The van der Waals surface area contributed by atoms with E-state index in [-0.39, 0.29) is 16.8 Å². The number of nitrogens with one attached hydrogen (secondary N) is 1. The highest BCUT2D eigenvalue weighted by Crippen LogP contribution is 2.36. The standard InChI is InChI=1S/C27H27FN4O7/c1-13(2)26(36)30-23-18(10-21(27(37)38)39-25(23)24(35)20(34)12-33)32-19(11-29)16-8-5-7-15(22(16)31-32)14-6-3-4-9-17(14)28/h3-10,13,18,20,23-25,33-35H,12H2,1-2H3,(H,30,36)(H,37,38)/t18-,20+,23+,24+,25+/m0/s1. The zero-order chi connectivity index (χ0) is 28.4. The molecule has 204 valence electrons. The van der Waals surface area contributed by atoms with Gasteiger partial charge < -0.3 is 30.5 Å². The van der Waals surface area contributed by atoms with Gasteiger partial charge in [-0.05, 0) is 18.2 Å². The predicted octanol–water partition coefficient (Wildman–Crippen LogP) is 1.48. The summed E-state index contributed by atoms with van der Waals surface area (Å²) in [5.74, 6) is -3.66. The van der Waals surface area contributed by atoms with Crippen LogP contribution in [0.1, 0.15) is 25.6 Å². The fourth-order valence-electron chi connectivity index (χ4n) is 4.51. The summed E-state index contributed by atoms with van der Waals surface area (Å²) in [4.78, 5) is 24.7. The minimum Gasteiger partial charge on any atom is -0.478 e. The molecule has 0 bridgehead atoms.